The van der Waals surface area contributed by atoms with Crippen LogP contribution in [0.4, 0.5) is 13.2 Å². The molecular formula is C11H11F3N2O3. The number of hydrogen-bond donors (Lipinski definition) is 2. The molecule has 104 valence electrons. The second-order valence-corrected chi connectivity index (χ2v) is 3.57. The molecule has 0 bridgehead atoms. The largest absolute Gasteiger partial charge is 0.483 e. The average Bonchev–Trinajstić information content (AvgIpc) is 2.78. The highest BCUT2D eigenvalue weighted by Gasteiger charge is 2.44. The van der Waals surface area contributed by atoms with E-state index in [1.54, 1.807) is 18.2 Å². The summed E-state index contributed by atoms with van der Waals surface area (Å²) in [5, 5.41) is 6.89. The molecule has 2 rings (SSSR count). The van der Waals surface area contributed by atoms with E-state index in [1.807, 2.05) is 13.0 Å². The van der Waals surface area contributed by atoms with Gasteiger partial charge in [0.25, 0.3) is 12.7 Å². The highest BCUT2D eigenvalue weighted by Crippen LogP contribution is 2.26. The van der Waals surface area contributed by atoms with Gasteiger partial charge < -0.3 is 5.11 Å². The second-order valence-electron chi connectivity index (χ2n) is 3.57. The lowest BCUT2D eigenvalue weighted by Crippen LogP contribution is -2.29. The molecule has 5 nitrogen and oxygen atoms in total. The quantitative estimate of drug-likeness (QED) is 0.768. The normalized spacial score (nSPS) is 17.9. The van der Waals surface area contributed by atoms with Crippen molar-refractivity contribution in [1.82, 2.24) is 5.48 Å². The first-order valence-corrected chi connectivity index (χ1v) is 5.09. The first kappa shape index (κ1) is 15.0. The maximum atomic E-state index is 12.3. The molecule has 1 aliphatic heterocycles. The van der Waals surface area contributed by atoms with Crippen LogP contribution in [0.5, 0.6) is 0 Å². The fourth-order valence-electron chi connectivity index (χ4n) is 1.35. The van der Waals surface area contributed by atoms with E-state index in [-0.39, 0.29) is 12.3 Å². The minimum Gasteiger partial charge on any atom is -0.483 e. The highest BCUT2D eigenvalue weighted by molar-refractivity contribution is 5.99. The van der Waals surface area contributed by atoms with Crippen molar-refractivity contribution in [2.24, 2.45) is 4.99 Å². The molecule has 0 saturated carbocycles. The van der Waals surface area contributed by atoms with E-state index in [2.05, 4.69) is 15.3 Å². The number of amidine groups is 1. The molecule has 2 N–H and O–H groups in total. The molecule has 1 heterocycles. The van der Waals surface area contributed by atoms with Gasteiger partial charge in [-0.15, -0.1) is 0 Å². The molecule has 1 aliphatic rings. The fraction of sp³-hybridized carbons (Fsp3) is 0.273. The van der Waals surface area contributed by atoms with Crippen LogP contribution in [0.2, 0.25) is 0 Å². The van der Waals surface area contributed by atoms with Crippen molar-refractivity contribution in [1.29, 1.82) is 0 Å². The van der Waals surface area contributed by atoms with Crippen LogP contribution in [0.15, 0.2) is 29.3 Å². The number of carboxylic acid groups (broad SMARTS) is 1. The van der Waals surface area contributed by atoms with Crippen LogP contribution < -0.4 is 5.48 Å². The van der Waals surface area contributed by atoms with Gasteiger partial charge in [-0.2, -0.15) is 13.2 Å². The molecule has 1 aromatic carbocycles. The van der Waals surface area contributed by atoms with Crippen molar-refractivity contribution >= 4 is 12.3 Å². The van der Waals surface area contributed by atoms with Gasteiger partial charge in [0.1, 0.15) is 0 Å². The molecule has 0 saturated heterocycles. The monoisotopic (exact) mass is 276 g/mol. The number of alkyl halides is 3. The van der Waals surface area contributed by atoms with Gasteiger partial charge in [-0.3, -0.25) is 4.79 Å². The Kier molecular flexibility index (Phi) is 4.87. The lowest BCUT2D eigenvalue weighted by atomic mass is 10.1. The molecule has 1 unspecified atom stereocenters. The van der Waals surface area contributed by atoms with Crippen LogP contribution in [0.1, 0.15) is 11.1 Å². The molecule has 0 aromatic heterocycles. The molecule has 0 aliphatic carbocycles. The van der Waals surface area contributed by atoms with Crippen molar-refractivity contribution in [2.75, 3.05) is 0 Å². The third kappa shape index (κ3) is 4.25. The molecule has 19 heavy (non-hydrogen) atoms. The predicted octanol–water partition coefficient (Wildman–Crippen LogP) is 1.87. The second kappa shape index (κ2) is 6.19. The number of nitrogens with zero attached hydrogens (tertiary/aromatic N) is 1. The topological polar surface area (TPSA) is 70.9 Å². The lowest BCUT2D eigenvalue weighted by Gasteiger charge is -2.08. The highest BCUT2D eigenvalue weighted by atomic mass is 19.4. The zero-order valence-electron chi connectivity index (χ0n) is 9.81. The van der Waals surface area contributed by atoms with Crippen molar-refractivity contribution in [3.05, 3.63) is 35.4 Å². The number of halogens is 3. The van der Waals surface area contributed by atoms with Crippen LogP contribution in [-0.4, -0.2) is 29.8 Å². The molecule has 1 atom stereocenters. The Hall–Kier alpha value is -2.09. The average molecular weight is 276 g/mol. The van der Waals surface area contributed by atoms with E-state index in [9.17, 15) is 13.2 Å². The Morgan fingerprint density at radius 2 is 2.11 bits per heavy atom. The van der Waals surface area contributed by atoms with Crippen LogP contribution in [0.25, 0.3) is 0 Å². The van der Waals surface area contributed by atoms with Gasteiger partial charge in [0, 0.05) is 5.56 Å². The summed E-state index contributed by atoms with van der Waals surface area (Å²) in [7, 11) is 0. The summed E-state index contributed by atoms with van der Waals surface area (Å²) in [5.74, 6) is 0.103. The predicted molar refractivity (Wildman–Crippen MR) is 60.5 cm³/mol. The summed E-state index contributed by atoms with van der Waals surface area (Å²) in [6.45, 7) is 1.60. The molecule has 0 spiro atoms. The van der Waals surface area contributed by atoms with Gasteiger partial charge in [0.15, 0.2) is 5.84 Å². The van der Waals surface area contributed by atoms with E-state index >= 15 is 0 Å². The van der Waals surface area contributed by atoms with Crippen molar-refractivity contribution in [3.63, 3.8) is 0 Å². The maximum absolute atomic E-state index is 12.3. The van der Waals surface area contributed by atoms with Gasteiger partial charge in [-0.1, -0.05) is 23.8 Å². The summed E-state index contributed by atoms with van der Waals surface area (Å²) in [4.78, 5) is 16.1. The first-order chi connectivity index (χ1) is 8.88. The molecule has 1 aromatic rings. The van der Waals surface area contributed by atoms with Crippen LogP contribution in [-0.2, 0) is 9.63 Å². The van der Waals surface area contributed by atoms with E-state index in [4.69, 9.17) is 9.90 Å². The minimum absolute atomic E-state index is 0.103. The molecule has 0 amide bonds. The summed E-state index contributed by atoms with van der Waals surface area (Å²) in [5.41, 5.74) is 3.70. The summed E-state index contributed by atoms with van der Waals surface area (Å²) >= 11 is 0. The van der Waals surface area contributed by atoms with Crippen LogP contribution in [0, 0.1) is 6.92 Å². The Labute approximate surface area is 106 Å². The van der Waals surface area contributed by atoms with E-state index in [0.717, 1.165) is 5.56 Å². The van der Waals surface area contributed by atoms with Crippen molar-refractivity contribution < 1.29 is 27.9 Å². The van der Waals surface area contributed by atoms with E-state index in [1.165, 1.54) is 0 Å². The number of benzene rings is 1. The zero-order chi connectivity index (χ0) is 14.5. The number of hydrogen-bond acceptors (Lipinski definition) is 4. The number of nitrogens with one attached hydrogen (secondary N) is 1. The third-order valence-electron chi connectivity index (χ3n) is 2.09. The number of aliphatic imine (C=N–C) groups is 1. The Balaban J connectivity index is 0.000000550. The van der Waals surface area contributed by atoms with Gasteiger partial charge in [-0.25, -0.2) is 15.3 Å². The van der Waals surface area contributed by atoms with Gasteiger partial charge in [-0.05, 0) is 13.0 Å². The number of carbonyl (C=O) groups is 1. The van der Waals surface area contributed by atoms with Crippen LogP contribution >= 0.6 is 0 Å². The fourth-order valence-corrected chi connectivity index (χ4v) is 1.35. The molecule has 0 fully saturated rings. The third-order valence-corrected chi connectivity index (χ3v) is 2.09. The Morgan fingerprint density at radius 1 is 1.47 bits per heavy atom. The number of hydroxylamine groups is 1. The number of rotatable bonds is 1. The number of aryl methyl sites for hydroxylation is 1. The summed E-state index contributed by atoms with van der Waals surface area (Å²) in [6, 6.07) is 6.99. The maximum Gasteiger partial charge on any atom is 0.437 e. The smallest absolute Gasteiger partial charge is 0.437 e. The van der Waals surface area contributed by atoms with Gasteiger partial charge in [0.2, 0.25) is 0 Å². The molecule has 8 heteroatoms. The van der Waals surface area contributed by atoms with Crippen molar-refractivity contribution in [2.45, 2.75) is 19.3 Å². The Bertz CT molecular complexity index is 474. The van der Waals surface area contributed by atoms with Gasteiger partial charge >= 0.3 is 6.18 Å². The van der Waals surface area contributed by atoms with Crippen molar-refractivity contribution in [3.8, 4) is 0 Å². The molecule has 0 radical (unpaired) electrons. The first-order valence-electron chi connectivity index (χ1n) is 5.09. The summed E-state index contributed by atoms with van der Waals surface area (Å²) in [6.07, 6.45) is -6.61. The lowest BCUT2D eigenvalue weighted by molar-refractivity contribution is -0.220. The summed E-state index contributed by atoms with van der Waals surface area (Å²) < 4.78 is 36.8. The van der Waals surface area contributed by atoms with Gasteiger partial charge in [0.05, 0.1) is 0 Å². The minimum atomic E-state index is -4.49. The zero-order valence-corrected chi connectivity index (χ0v) is 9.81. The Morgan fingerprint density at radius 3 is 2.58 bits per heavy atom. The van der Waals surface area contributed by atoms with E-state index in [0.29, 0.717) is 5.56 Å². The SMILES string of the molecule is Cc1cccc(C2=NC(C(F)(F)F)ON2)c1.O=CO. The molecular weight excluding hydrogens is 265 g/mol. The standard InChI is InChI=1S/C10H9F3N2O.CH2O2/c1-6-3-2-4-7(5-6)8-14-9(16-15-8)10(11,12)13;2-1-3/h2-5,9H,1H3,(H,14,15);1H,(H,2,3). The van der Waals surface area contributed by atoms with E-state index < -0.39 is 12.4 Å². The van der Waals surface area contributed by atoms with Crippen LogP contribution in [0.3, 0.4) is 0 Å².